The summed E-state index contributed by atoms with van der Waals surface area (Å²) < 4.78 is 0. The van der Waals surface area contributed by atoms with Crippen LogP contribution in [0.4, 0.5) is 0 Å². The van der Waals surface area contributed by atoms with Crippen molar-refractivity contribution in [1.29, 1.82) is 0 Å². The third-order valence-corrected chi connectivity index (χ3v) is 4.49. The molecule has 98 valence electrons. The van der Waals surface area contributed by atoms with E-state index in [9.17, 15) is 19.2 Å². The van der Waals surface area contributed by atoms with Crippen molar-refractivity contribution < 1.29 is 19.2 Å². The molecule has 4 aliphatic carbocycles. The van der Waals surface area contributed by atoms with E-state index in [1.54, 1.807) is 24.3 Å². The van der Waals surface area contributed by atoms with E-state index in [1.807, 2.05) is 0 Å². The van der Waals surface area contributed by atoms with Gasteiger partial charge in [-0.1, -0.05) is 24.3 Å². The fourth-order valence-electron chi connectivity index (χ4n) is 3.59. The first-order valence-electron chi connectivity index (χ1n) is 6.54. The Morgan fingerprint density at radius 1 is 0.550 bits per heavy atom. The lowest BCUT2D eigenvalue weighted by molar-refractivity contribution is -0.128. The summed E-state index contributed by atoms with van der Waals surface area (Å²) in [6.07, 6.45) is 6.36. The summed E-state index contributed by atoms with van der Waals surface area (Å²) in [5, 5.41) is 0. The van der Waals surface area contributed by atoms with Gasteiger partial charge in [0.15, 0.2) is 23.1 Å². The summed E-state index contributed by atoms with van der Waals surface area (Å²) in [6, 6.07) is 0. The van der Waals surface area contributed by atoms with Crippen LogP contribution in [0, 0.1) is 11.8 Å². The van der Waals surface area contributed by atoms with Gasteiger partial charge in [-0.3, -0.25) is 19.2 Å². The highest BCUT2D eigenvalue weighted by Gasteiger charge is 2.49. The number of allylic oxidation sites excluding steroid dienone is 8. The summed E-state index contributed by atoms with van der Waals surface area (Å²) in [4.78, 5) is 48.1. The maximum atomic E-state index is 12.0. The molecule has 0 amide bonds. The van der Waals surface area contributed by atoms with E-state index in [1.165, 1.54) is 0 Å². The lowest BCUT2D eigenvalue weighted by Crippen LogP contribution is -2.43. The zero-order valence-corrected chi connectivity index (χ0v) is 10.5. The molecular weight excluding hydrogens is 256 g/mol. The van der Waals surface area contributed by atoms with Crippen LogP contribution in [-0.4, -0.2) is 23.1 Å². The first kappa shape index (κ1) is 11.5. The number of carbonyl (C=O) groups excluding carboxylic acids is 4. The molecule has 0 aromatic rings. The summed E-state index contributed by atoms with van der Waals surface area (Å²) in [5.74, 6) is -1.65. The first-order chi connectivity index (χ1) is 9.58. The lowest BCUT2D eigenvalue weighted by atomic mass is 9.59. The Morgan fingerprint density at radius 3 is 1.05 bits per heavy atom. The van der Waals surface area contributed by atoms with E-state index in [0.29, 0.717) is 22.3 Å². The summed E-state index contributed by atoms with van der Waals surface area (Å²) in [5.41, 5.74) is 2.21. The second-order valence-electron chi connectivity index (χ2n) is 5.49. The number of ketones is 4. The number of carbonyl (C=O) groups is 4. The zero-order valence-electron chi connectivity index (χ0n) is 10.5. The minimum absolute atomic E-state index is 0.116. The van der Waals surface area contributed by atoms with Crippen LogP contribution in [0.3, 0.4) is 0 Å². The van der Waals surface area contributed by atoms with Crippen LogP contribution in [0.1, 0.15) is 12.8 Å². The second-order valence-corrected chi connectivity index (χ2v) is 5.49. The van der Waals surface area contributed by atoms with Gasteiger partial charge in [0.25, 0.3) is 0 Å². The van der Waals surface area contributed by atoms with Crippen LogP contribution in [0.5, 0.6) is 0 Å². The van der Waals surface area contributed by atoms with Crippen molar-refractivity contribution in [2.75, 3.05) is 0 Å². The first-order valence-corrected chi connectivity index (χ1v) is 6.54. The zero-order chi connectivity index (χ0) is 14.0. The third-order valence-electron chi connectivity index (χ3n) is 4.49. The predicted octanol–water partition coefficient (Wildman–Crippen LogP) is 1.04. The largest absolute Gasteiger partial charge is 0.294 e. The molecule has 2 saturated carbocycles. The van der Waals surface area contributed by atoms with Crippen molar-refractivity contribution in [1.82, 2.24) is 0 Å². The molecule has 0 saturated heterocycles. The van der Waals surface area contributed by atoms with E-state index in [4.69, 9.17) is 0 Å². The molecule has 2 fully saturated rings. The average Bonchev–Trinajstić information content (AvgIpc) is 2.42. The molecule has 4 rings (SSSR count). The molecule has 0 N–H and O–H groups in total. The van der Waals surface area contributed by atoms with Crippen LogP contribution < -0.4 is 0 Å². The normalized spacial score (nSPS) is 31.2. The molecule has 4 heteroatoms. The molecule has 20 heavy (non-hydrogen) atoms. The van der Waals surface area contributed by atoms with Crippen molar-refractivity contribution in [3.05, 3.63) is 46.6 Å². The van der Waals surface area contributed by atoms with Gasteiger partial charge in [-0.25, -0.2) is 0 Å². The number of hydrogen-bond donors (Lipinski definition) is 0. The molecule has 4 aliphatic rings. The monoisotopic (exact) mass is 266 g/mol. The van der Waals surface area contributed by atoms with Gasteiger partial charge in [-0.2, -0.15) is 0 Å². The molecule has 0 atom stereocenters. The molecule has 0 spiro atoms. The van der Waals surface area contributed by atoms with Crippen molar-refractivity contribution in [2.45, 2.75) is 12.8 Å². The third kappa shape index (κ3) is 1.26. The van der Waals surface area contributed by atoms with Gasteiger partial charge in [0, 0.05) is 34.1 Å². The van der Waals surface area contributed by atoms with Crippen molar-refractivity contribution in [2.24, 2.45) is 11.8 Å². The molecule has 0 unspecified atom stereocenters. The summed E-state index contributed by atoms with van der Waals surface area (Å²) in [6.45, 7) is 0. The minimum Gasteiger partial charge on any atom is -0.294 e. The highest BCUT2D eigenvalue weighted by Crippen LogP contribution is 2.49. The van der Waals surface area contributed by atoms with Crippen LogP contribution in [-0.2, 0) is 19.2 Å². The fraction of sp³-hybridized carbons (Fsp3) is 0.250. The molecule has 0 aromatic carbocycles. The standard InChI is InChI=1S/C16H10O4/c17-11-5-13(19)9-3-4-10-14(20)6-12(18)8-2-1-7(11)15(9)16(8)10/h1-4,15-16H,5-6H2. The molecule has 0 aromatic heterocycles. The second kappa shape index (κ2) is 3.60. The van der Waals surface area contributed by atoms with E-state index in [-0.39, 0.29) is 36.0 Å². The topological polar surface area (TPSA) is 68.3 Å². The van der Waals surface area contributed by atoms with Crippen LogP contribution in [0.25, 0.3) is 0 Å². The number of Topliss-reactive ketones (excluding diaryl/α,β-unsaturated/α-hetero) is 4. The molecule has 0 radical (unpaired) electrons. The number of hydrogen-bond acceptors (Lipinski definition) is 4. The van der Waals surface area contributed by atoms with Gasteiger partial charge < -0.3 is 0 Å². The van der Waals surface area contributed by atoms with Gasteiger partial charge in [0.1, 0.15) is 0 Å². The minimum atomic E-state index is -0.433. The van der Waals surface area contributed by atoms with E-state index >= 15 is 0 Å². The van der Waals surface area contributed by atoms with E-state index in [2.05, 4.69) is 0 Å². The van der Waals surface area contributed by atoms with Crippen molar-refractivity contribution >= 4 is 23.1 Å². The van der Waals surface area contributed by atoms with Crippen LogP contribution >= 0.6 is 0 Å². The SMILES string of the molecule is O=C1CC(=O)C2=CC=C3C(=O)CC(=O)C4=CC=C1C2C43. The Hall–Kier alpha value is -2.36. The van der Waals surface area contributed by atoms with Crippen molar-refractivity contribution in [3.8, 4) is 0 Å². The Bertz CT molecular complexity index is 618. The van der Waals surface area contributed by atoms with Crippen molar-refractivity contribution in [3.63, 3.8) is 0 Å². The molecule has 4 nitrogen and oxygen atoms in total. The predicted molar refractivity (Wildman–Crippen MR) is 68.6 cm³/mol. The Kier molecular flexibility index (Phi) is 2.06. The van der Waals surface area contributed by atoms with Gasteiger partial charge >= 0.3 is 0 Å². The molecular formula is C16H10O4. The van der Waals surface area contributed by atoms with Crippen LogP contribution in [0.2, 0.25) is 0 Å². The molecule has 0 aliphatic heterocycles. The van der Waals surface area contributed by atoms with Gasteiger partial charge in [-0.05, 0) is 0 Å². The Morgan fingerprint density at radius 2 is 0.800 bits per heavy atom. The smallest absolute Gasteiger partial charge is 0.167 e. The Balaban J connectivity index is 2.00. The maximum absolute atomic E-state index is 12.0. The lowest BCUT2D eigenvalue weighted by Gasteiger charge is -2.41. The Labute approximate surface area is 114 Å². The van der Waals surface area contributed by atoms with E-state index in [0.717, 1.165) is 0 Å². The van der Waals surface area contributed by atoms with Crippen LogP contribution in [0.15, 0.2) is 46.6 Å². The quantitative estimate of drug-likeness (QED) is 0.614. The molecule has 0 bridgehead atoms. The highest BCUT2D eigenvalue weighted by atomic mass is 16.2. The van der Waals surface area contributed by atoms with E-state index < -0.39 is 11.8 Å². The number of rotatable bonds is 0. The maximum Gasteiger partial charge on any atom is 0.167 e. The van der Waals surface area contributed by atoms with Gasteiger partial charge in [0.05, 0.1) is 12.8 Å². The summed E-state index contributed by atoms with van der Waals surface area (Å²) >= 11 is 0. The summed E-state index contributed by atoms with van der Waals surface area (Å²) in [7, 11) is 0. The fourth-order valence-corrected chi connectivity index (χ4v) is 3.59. The average molecular weight is 266 g/mol. The highest BCUT2D eigenvalue weighted by molar-refractivity contribution is 6.23. The van der Waals surface area contributed by atoms with Gasteiger partial charge in [0.2, 0.25) is 0 Å². The van der Waals surface area contributed by atoms with Gasteiger partial charge in [-0.15, -0.1) is 0 Å². The molecule has 0 heterocycles.